The van der Waals surface area contributed by atoms with Crippen molar-refractivity contribution in [2.75, 3.05) is 13.6 Å². The van der Waals surface area contributed by atoms with Gasteiger partial charge in [-0.25, -0.2) is 0 Å². The van der Waals surface area contributed by atoms with E-state index in [4.69, 9.17) is 0 Å². The largest absolute Gasteiger partial charge is 0.357 e. The molecular weight excluding hydrogens is 426 g/mol. The molecule has 33 heavy (non-hydrogen) atoms. The molecular formula is C23H41N5O5. The number of carbonyl (C=O) groups excluding carboxylic acids is 5. The van der Waals surface area contributed by atoms with Gasteiger partial charge in [0.05, 0.1) is 0 Å². The Balaban J connectivity index is 3.02. The smallest absolute Gasteiger partial charge is 0.248 e. The monoisotopic (exact) mass is 467 g/mol. The fourth-order valence-corrected chi connectivity index (χ4v) is 3.97. The van der Waals surface area contributed by atoms with Crippen LogP contribution in [0.3, 0.4) is 0 Å². The molecule has 0 bridgehead atoms. The van der Waals surface area contributed by atoms with E-state index in [-0.39, 0.29) is 23.6 Å². The van der Waals surface area contributed by atoms with E-state index in [0.29, 0.717) is 32.2 Å². The second-order valence-corrected chi connectivity index (χ2v) is 9.91. The van der Waals surface area contributed by atoms with Gasteiger partial charge in [-0.05, 0) is 52.4 Å². The second-order valence-electron chi connectivity index (χ2n) is 9.91. The zero-order valence-corrected chi connectivity index (χ0v) is 21.3. The molecule has 0 spiro atoms. The third kappa shape index (κ3) is 7.43. The number of nitrogens with zero attached hydrogens (tertiary/aromatic N) is 1. The van der Waals surface area contributed by atoms with Crippen molar-refractivity contribution in [1.29, 1.82) is 0 Å². The first-order valence-electron chi connectivity index (χ1n) is 11.6. The van der Waals surface area contributed by atoms with Crippen molar-refractivity contribution in [3.63, 3.8) is 0 Å². The molecule has 0 aromatic rings. The predicted octanol–water partition coefficient (Wildman–Crippen LogP) is 0.454. The van der Waals surface area contributed by atoms with Gasteiger partial charge < -0.3 is 26.2 Å². The maximum Gasteiger partial charge on any atom is 0.248 e. The summed E-state index contributed by atoms with van der Waals surface area (Å²) in [4.78, 5) is 64.6. The van der Waals surface area contributed by atoms with Crippen LogP contribution in [0.15, 0.2) is 0 Å². The molecule has 4 N–H and O–H groups in total. The Bertz CT molecular complexity index is 766. The van der Waals surface area contributed by atoms with Crippen LogP contribution in [-0.4, -0.2) is 71.2 Å². The summed E-state index contributed by atoms with van der Waals surface area (Å²) in [5.74, 6) is -1.80. The highest BCUT2D eigenvalue weighted by molar-refractivity contribution is 5.98. The Morgan fingerprint density at radius 3 is 2.15 bits per heavy atom. The quantitative estimate of drug-likeness (QED) is 0.370. The average molecular weight is 468 g/mol. The van der Waals surface area contributed by atoms with Crippen molar-refractivity contribution in [1.82, 2.24) is 26.2 Å². The zero-order chi connectivity index (χ0) is 25.6. The van der Waals surface area contributed by atoms with Crippen molar-refractivity contribution in [3.8, 4) is 0 Å². The maximum atomic E-state index is 13.2. The summed E-state index contributed by atoms with van der Waals surface area (Å²) in [6, 6.07) is -1.45. The first-order valence-corrected chi connectivity index (χ1v) is 11.6. The standard InChI is InChI=1S/C23H41N5O5/c1-9-23(7,26-15(4)29)20(32)25-16(13-14(2)3)18(30)27-22(5,6)21(33)28-12-10-11-17(28)19(31)24-8/h14,16-17H,9-13H2,1-8H3,(H,24,31)(H,25,32)(H,26,29)(H,27,30)/t16-,17-,23?/m0/s1. The van der Waals surface area contributed by atoms with Crippen LogP contribution in [-0.2, 0) is 24.0 Å². The molecule has 0 aliphatic carbocycles. The van der Waals surface area contributed by atoms with E-state index >= 15 is 0 Å². The van der Waals surface area contributed by atoms with E-state index in [1.54, 1.807) is 27.7 Å². The van der Waals surface area contributed by atoms with Crippen LogP contribution < -0.4 is 21.3 Å². The summed E-state index contributed by atoms with van der Waals surface area (Å²) in [7, 11) is 1.53. The number of hydrogen-bond acceptors (Lipinski definition) is 5. The van der Waals surface area contributed by atoms with Crippen molar-refractivity contribution < 1.29 is 24.0 Å². The lowest BCUT2D eigenvalue weighted by molar-refractivity contribution is -0.145. The molecule has 1 fully saturated rings. The van der Waals surface area contributed by atoms with Gasteiger partial charge >= 0.3 is 0 Å². The van der Waals surface area contributed by atoms with Gasteiger partial charge in [0.2, 0.25) is 29.5 Å². The molecule has 1 aliphatic heterocycles. The molecule has 10 nitrogen and oxygen atoms in total. The van der Waals surface area contributed by atoms with Crippen LogP contribution >= 0.6 is 0 Å². The number of carbonyl (C=O) groups is 5. The van der Waals surface area contributed by atoms with Crippen molar-refractivity contribution in [3.05, 3.63) is 0 Å². The minimum atomic E-state index is -1.28. The van der Waals surface area contributed by atoms with Crippen LogP contribution in [0, 0.1) is 5.92 Å². The predicted molar refractivity (Wildman–Crippen MR) is 125 cm³/mol. The van der Waals surface area contributed by atoms with Gasteiger partial charge in [-0.3, -0.25) is 24.0 Å². The topological polar surface area (TPSA) is 137 Å². The molecule has 188 valence electrons. The molecule has 10 heteroatoms. The molecule has 3 atom stereocenters. The summed E-state index contributed by atoms with van der Waals surface area (Å²) in [5, 5.41) is 10.8. The van der Waals surface area contributed by atoms with Crippen LogP contribution in [0.4, 0.5) is 0 Å². The van der Waals surface area contributed by atoms with Gasteiger partial charge in [0.25, 0.3) is 0 Å². The SMILES string of the molecule is CCC(C)(NC(C)=O)C(=O)N[C@@H](CC(C)C)C(=O)NC(C)(C)C(=O)N1CCC[C@H]1C(=O)NC. The third-order valence-electron chi connectivity index (χ3n) is 6.02. The summed E-state index contributed by atoms with van der Waals surface area (Å²) in [6.45, 7) is 12.2. The molecule has 1 rings (SSSR count). The second kappa shape index (κ2) is 11.5. The fraction of sp³-hybridized carbons (Fsp3) is 0.783. The van der Waals surface area contributed by atoms with E-state index in [2.05, 4.69) is 21.3 Å². The van der Waals surface area contributed by atoms with Crippen LogP contribution in [0.2, 0.25) is 0 Å². The van der Waals surface area contributed by atoms with E-state index in [1.807, 2.05) is 13.8 Å². The molecule has 5 amide bonds. The Kier molecular flexibility index (Phi) is 9.87. The molecule has 1 saturated heterocycles. The highest BCUT2D eigenvalue weighted by atomic mass is 16.2. The van der Waals surface area contributed by atoms with Gasteiger partial charge in [0, 0.05) is 20.5 Å². The number of rotatable bonds is 10. The number of hydrogen-bond donors (Lipinski definition) is 4. The van der Waals surface area contributed by atoms with Crippen LogP contribution in [0.5, 0.6) is 0 Å². The lowest BCUT2D eigenvalue weighted by Crippen LogP contribution is -2.63. The first-order chi connectivity index (χ1) is 15.2. The van der Waals surface area contributed by atoms with Gasteiger partial charge in [-0.2, -0.15) is 0 Å². The lowest BCUT2D eigenvalue weighted by atomic mass is 9.95. The van der Waals surface area contributed by atoms with E-state index < -0.39 is 35.0 Å². The van der Waals surface area contributed by atoms with Gasteiger partial charge in [0.15, 0.2) is 0 Å². The average Bonchev–Trinajstić information content (AvgIpc) is 3.20. The van der Waals surface area contributed by atoms with Crippen molar-refractivity contribution in [2.24, 2.45) is 5.92 Å². The summed E-state index contributed by atoms with van der Waals surface area (Å²) < 4.78 is 0. The Morgan fingerprint density at radius 1 is 1.06 bits per heavy atom. The first kappa shape index (κ1) is 28.4. The Hall–Kier alpha value is -2.65. The molecule has 0 saturated carbocycles. The number of nitrogens with one attached hydrogen (secondary N) is 4. The Morgan fingerprint density at radius 2 is 1.67 bits per heavy atom. The minimum absolute atomic E-state index is 0.0877. The summed E-state index contributed by atoms with van der Waals surface area (Å²) in [6.07, 6.45) is 1.97. The maximum absolute atomic E-state index is 13.2. The van der Waals surface area contributed by atoms with Gasteiger partial charge in [-0.1, -0.05) is 20.8 Å². The fourth-order valence-electron chi connectivity index (χ4n) is 3.97. The van der Waals surface area contributed by atoms with E-state index in [9.17, 15) is 24.0 Å². The van der Waals surface area contributed by atoms with Gasteiger partial charge in [-0.15, -0.1) is 0 Å². The van der Waals surface area contributed by atoms with Crippen molar-refractivity contribution in [2.45, 2.75) is 97.3 Å². The number of likely N-dealkylation sites (tertiary alicyclic amines) is 1. The summed E-state index contributed by atoms with van der Waals surface area (Å²) >= 11 is 0. The molecule has 0 aromatic heterocycles. The summed E-state index contributed by atoms with van der Waals surface area (Å²) in [5.41, 5.74) is -2.44. The third-order valence-corrected chi connectivity index (χ3v) is 6.02. The normalized spacial score (nSPS) is 18.8. The zero-order valence-electron chi connectivity index (χ0n) is 21.3. The minimum Gasteiger partial charge on any atom is -0.357 e. The number of likely N-dealkylation sites (N-methyl/N-ethyl adjacent to an activating group) is 1. The Labute approximate surface area is 197 Å². The van der Waals surface area contributed by atoms with Crippen LogP contribution in [0.1, 0.15) is 74.1 Å². The van der Waals surface area contributed by atoms with E-state index in [0.717, 1.165) is 0 Å². The highest BCUT2D eigenvalue weighted by Crippen LogP contribution is 2.22. The molecule has 0 radical (unpaired) electrons. The molecule has 1 unspecified atom stereocenters. The number of amides is 5. The van der Waals surface area contributed by atoms with Crippen LogP contribution in [0.25, 0.3) is 0 Å². The highest BCUT2D eigenvalue weighted by Gasteiger charge is 2.42. The molecule has 1 heterocycles. The van der Waals surface area contributed by atoms with Crippen molar-refractivity contribution >= 4 is 29.5 Å². The van der Waals surface area contributed by atoms with E-state index in [1.165, 1.54) is 18.9 Å². The molecule has 1 aliphatic rings. The molecule has 0 aromatic carbocycles. The lowest BCUT2D eigenvalue weighted by Gasteiger charge is -2.35. The van der Waals surface area contributed by atoms with Gasteiger partial charge in [0.1, 0.15) is 23.2 Å².